The monoisotopic (exact) mass is 444 g/mol. The minimum absolute atomic E-state index is 0.634. The van der Waals surface area contributed by atoms with Gasteiger partial charge in [-0.05, 0) is 119 Å². The van der Waals surface area contributed by atoms with Gasteiger partial charge in [-0.2, -0.15) is 0 Å². The molecule has 0 heterocycles. The van der Waals surface area contributed by atoms with Crippen LogP contribution in [0.5, 0.6) is 0 Å². The van der Waals surface area contributed by atoms with E-state index in [0.717, 1.165) is 0 Å². The lowest BCUT2D eigenvalue weighted by atomic mass is 9.67. The van der Waals surface area contributed by atoms with Crippen LogP contribution in [0.1, 0.15) is 72.9 Å². The molecule has 0 aromatic heterocycles. The molecule has 0 bridgehead atoms. The molecule has 0 amide bonds. The number of allylic oxidation sites excluding steroid dienone is 2. The molecule has 0 saturated carbocycles. The zero-order valence-corrected chi connectivity index (χ0v) is 21.2. The summed E-state index contributed by atoms with van der Waals surface area (Å²) in [6.07, 6.45) is 7.39. The summed E-state index contributed by atoms with van der Waals surface area (Å²) in [6.45, 7) is 9.24. The third-order valence-corrected chi connectivity index (χ3v) is 8.68. The maximum atomic E-state index is 2.43. The number of hydrogen-bond acceptors (Lipinski definition) is 0. The maximum absolute atomic E-state index is 2.43. The minimum atomic E-state index is 0.634. The average Bonchev–Trinajstić information content (AvgIpc) is 2.86. The van der Waals surface area contributed by atoms with E-state index in [-0.39, 0.29) is 0 Å². The first-order valence-corrected chi connectivity index (χ1v) is 13.4. The molecule has 0 fully saturated rings. The van der Waals surface area contributed by atoms with Gasteiger partial charge in [-0.1, -0.05) is 85.6 Å². The van der Waals surface area contributed by atoms with Crippen LogP contribution in [0, 0.1) is 25.7 Å². The quantitative estimate of drug-likeness (QED) is 0.289. The highest BCUT2D eigenvalue weighted by Gasteiger charge is 2.33. The molecule has 4 aromatic carbocycles. The fraction of sp³-hybridized carbons (Fsp3) is 0.353. The lowest BCUT2D eigenvalue weighted by Crippen LogP contribution is -2.21. The maximum Gasteiger partial charge on any atom is -0.0105 e. The van der Waals surface area contributed by atoms with Gasteiger partial charge in [0.05, 0.1) is 0 Å². The summed E-state index contributed by atoms with van der Waals surface area (Å²) in [4.78, 5) is 0. The van der Waals surface area contributed by atoms with Crippen molar-refractivity contribution in [3.63, 3.8) is 0 Å². The zero-order valence-electron chi connectivity index (χ0n) is 21.2. The van der Waals surface area contributed by atoms with Gasteiger partial charge in [0, 0.05) is 0 Å². The molecule has 172 valence electrons. The van der Waals surface area contributed by atoms with Crippen LogP contribution in [0.25, 0.3) is 32.7 Å². The van der Waals surface area contributed by atoms with Crippen molar-refractivity contribution in [2.24, 2.45) is 11.8 Å². The Labute approximate surface area is 204 Å². The van der Waals surface area contributed by atoms with Crippen LogP contribution >= 0.6 is 0 Å². The molecular formula is C34H36. The summed E-state index contributed by atoms with van der Waals surface area (Å²) in [5, 5.41) is 5.71. The Kier molecular flexibility index (Phi) is 5.36. The molecular weight excluding hydrogens is 408 g/mol. The first kappa shape index (κ1) is 21.7. The topological polar surface area (TPSA) is 0 Å². The van der Waals surface area contributed by atoms with Crippen molar-refractivity contribution in [3.8, 4) is 0 Å². The Morgan fingerprint density at radius 3 is 1.44 bits per heavy atom. The second kappa shape index (κ2) is 8.42. The van der Waals surface area contributed by atoms with Crippen LogP contribution in [0.3, 0.4) is 0 Å². The second-order valence-electron chi connectivity index (χ2n) is 10.8. The van der Waals surface area contributed by atoms with Gasteiger partial charge in [0.1, 0.15) is 0 Å². The number of hydrogen-bond donors (Lipinski definition) is 0. The van der Waals surface area contributed by atoms with Gasteiger partial charge in [0.2, 0.25) is 0 Å². The zero-order chi connectivity index (χ0) is 23.4. The molecule has 0 spiro atoms. The van der Waals surface area contributed by atoms with Crippen molar-refractivity contribution in [1.82, 2.24) is 0 Å². The molecule has 4 aromatic rings. The van der Waals surface area contributed by atoms with E-state index in [9.17, 15) is 0 Å². The van der Waals surface area contributed by atoms with E-state index >= 15 is 0 Å². The Balaban J connectivity index is 1.77. The van der Waals surface area contributed by atoms with E-state index < -0.39 is 0 Å². The molecule has 0 N–H and O–H groups in total. The highest BCUT2D eigenvalue weighted by molar-refractivity contribution is 6.09. The smallest absolute Gasteiger partial charge is 0.0105 e. The normalized spacial score (nSPS) is 22.1. The first-order chi connectivity index (χ1) is 16.6. The lowest BCUT2D eigenvalue weighted by Gasteiger charge is -2.37. The highest BCUT2D eigenvalue weighted by Crippen LogP contribution is 2.51. The van der Waals surface area contributed by atoms with Crippen molar-refractivity contribution in [2.45, 2.75) is 66.2 Å². The summed E-state index contributed by atoms with van der Waals surface area (Å²) in [6, 6.07) is 23.8. The lowest BCUT2D eigenvalue weighted by molar-refractivity contribution is 0.548. The van der Waals surface area contributed by atoms with Gasteiger partial charge in [-0.15, -0.1) is 0 Å². The Morgan fingerprint density at radius 1 is 0.588 bits per heavy atom. The van der Waals surface area contributed by atoms with E-state index in [1.807, 2.05) is 0 Å². The van der Waals surface area contributed by atoms with Gasteiger partial charge in [0.15, 0.2) is 0 Å². The standard InChI is InChI=1S/C34H36/c1-5-23-9-11-25-13-15-27-19-21(3)7-17-29(27)31(25)33(23)34-24(6-2)10-12-26-14-16-28-20-22(4)8-18-30(28)32(26)34/h7-8,13-20,23-24H,5-6,9-12H2,1-4H3/b34-33+/t23-,24-/m1/s1. The molecule has 0 aliphatic heterocycles. The molecule has 6 rings (SSSR count). The third-order valence-electron chi connectivity index (χ3n) is 8.68. The van der Waals surface area contributed by atoms with Gasteiger partial charge < -0.3 is 0 Å². The van der Waals surface area contributed by atoms with Crippen molar-refractivity contribution in [3.05, 3.63) is 94.0 Å². The first-order valence-electron chi connectivity index (χ1n) is 13.4. The summed E-state index contributed by atoms with van der Waals surface area (Å²) < 4.78 is 0. The third kappa shape index (κ3) is 3.34. The summed E-state index contributed by atoms with van der Waals surface area (Å²) in [7, 11) is 0. The van der Waals surface area contributed by atoms with Crippen molar-refractivity contribution in [1.29, 1.82) is 0 Å². The van der Waals surface area contributed by atoms with Gasteiger partial charge in [-0.3, -0.25) is 0 Å². The number of rotatable bonds is 2. The molecule has 2 aliphatic carbocycles. The number of aryl methyl sites for hydroxylation is 4. The summed E-state index contributed by atoms with van der Waals surface area (Å²) in [5.41, 5.74) is 12.3. The van der Waals surface area contributed by atoms with Crippen LogP contribution in [0.2, 0.25) is 0 Å². The van der Waals surface area contributed by atoms with Crippen LogP contribution in [-0.4, -0.2) is 0 Å². The Bertz CT molecular complexity index is 1340. The fourth-order valence-electron chi connectivity index (χ4n) is 6.92. The van der Waals surface area contributed by atoms with Crippen LogP contribution in [0.4, 0.5) is 0 Å². The molecule has 0 unspecified atom stereocenters. The SMILES string of the molecule is CC[C@@H]1CCc2ccc3cc(C)ccc3c2/C1=C1/c2c(ccc3cc(C)ccc23)CC[C@H]1CC. The summed E-state index contributed by atoms with van der Waals surface area (Å²) in [5.74, 6) is 1.27. The fourth-order valence-corrected chi connectivity index (χ4v) is 6.92. The van der Waals surface area contributed by atoms with Crippen LogP contribution < -0.4 is 0 Å². The van der Waals surface area contributed by atoms with Crippen LogP contribution in [-0.2, 0) is 12.8 Å². The predicted octanol–water partition coefficient (Wildman–Crippen LogP) is 9.47. The van der Waals surface area contributed by atoms with Crippen LogP contribution in [0.15, 0.2) is 60.7 Å². The van der Waals surface area contributed by atoms with E-state index in [2.05, 4.69) is 88.4 Å². The number of fused-ring (bicyclic) bond motifs is 6. The molecule has 0 heteroatoms. The molecule has 0 radical (unpaired) electrons. The van der Waals surface area contributed by atoms with E-state index in [1.54, 1.807) is 33.4 Å². The van der Waals surface area contributed by atoms with E-state index in [1.165, 1.54) is 71.2 Å². The minimum Gasteiger partial charge on any atom is -0.0648 e. The van der Waals surface area contributed by atoms with Gasteiger partial charge in [0.25, 0.3) is 0 Å². The van der Waals surface area contributed by atoms with E-state index in [0.29, 0.717) is 11.8 Å². The van der Waals surface area contributed by atoms with Crippen molar-refractivity contribution >= 4 is 32.7 Å². The molecule has 0 saturated heterocycles. The average molecular weight is 445 g/mol. The molecule has 2 atom stereocenters. The number of benzene rings is 4. The Morgan fingerprint density at radius 2 is 1.03 bits per heavy atom. The second-order valence-corrected chi connectivity index (χ2v) is 10.8. The van der Waals surface area contributed by atoms with Crippen molar-refractivity contribution in [2.75, 3.05) is 0 Å². The molecule has 34 heavy (non-hydrogen) atoms. The largest absolute Gasteiger partial charge is 0.0648 e. The molecule has 0 nitrogen and oxygen atoms in total. The molecule has 2 aliphatic rings. The predicted molar refractivity (Wildman–Crippen MR) is 148 cm³/mol. The Hall–Kier alpha value is -2.86. The highest BCUT2D eigenvalue weighted by atomic mass is 14.4. The van der Waals surface area contributed by atoms with Crippen molar-refractivity contribution < 1.29 is 0 Å². The van der Waals surface area contributed by atoms with E-state index in [4.69, 9.17) is 0 Å². The van der Waals surface area contributed by atoms with Gasteiger partial charge >= 0.3 is 0 Å². The summed E-state index contributed by atoms with van der Waals surface area (Å²) >= 11 is 0. The van der Waals surface area contributed by atoms with Gasteiger partial charge in [-0.25, -0.2) is 0 Å².